The molecule has 2 heterocycles. The maximum Gasteiger partial charge on any atom is 0.116 e. The number of rotatable bonds is 10. The Balaban J connectivity index is 1.93. The topological polar surface area (TPSA) is 78.4 Å². The van der Waals surface area contributed by atoms with Crippen molar-refractivity contribution in [1.82, 2.24) is 0 Å². The second-order valence-electron chi connectivity index (χ2n) is 8.38. The third-order valence-electron chi connectivity index (χ3n) is 5.09. The van der Waals surface area contributed by atoms with E-state index in [1.165, 1.54) is 0 Å². The van der Waals surface area contributed by atoms with E-state index in [0.717, 1.165) is 6.42 Å². The molecule has 0 amide bonds. The highest BCUT2D eigenvalue weighted by molar-refractivity contribution is 8.06. The van der Waals surface area contributed by atoms with Crippen LogP contribution in [0, 0.1) is 5.92 Å². The van der Waals surface area contributed by atoms with Gasteiger partial charge >= 0.3 is 0 Å². The van der Waals surface area contributed by atoms with Crippen LogP contribution >= 0.6 is 6.72 Å². The minimum atomic E-state index is -3.71. The fourth-order valence-electron chi connectivity index (χ4n) is 3.57. The first-order valence-electron chi connectivity index (χ1n) is 10.2. The third-order valence-corrected chi connectivity index (χ3v) is 6.63. The Kier molecular flexibility index (Phi) is 9.33. The normalized spacial score (nSPS) is 38.4. The van der Waals surface area contributed by atoms with Gasteiger partial charge in [-0.2, -0.15) is 0 Å². The summed E-state index contributed by atoms with van der Waals surface area (Å²) in [5.41, 5.74) is 0. The third kappa shape index (κ3) is 7.25. The molecule has 2 aliphatic rings. The Hall–Kier alpha value is 0.370. The summed E-state index contributed by atoms with van der Waals surface area (Å²) in [6, 6.07) is 0. The zero-order chi connectivity index (χ0) is 21.1. The Morgan fingerprint density at radius 1 is 1.04 bits per heavy atom. The lowest BCUT2D eigenvalue weighted by Crippen LogP contribution is -2.35. The van der Waals surface area contributed by atoms with Crippen LogP contribution in [0.2, 0.25) is 0 Å². The van der Waals surface area contributed by atoms with E-state index in [9.17, 15) is 4.89 Å². The van der Waals surface area contributed by atoms with Crippen LogP contribution in [0.4, 0.5) is 0 Å². The van der Waals surface area contributed by atoms with Crippen LogP contribution in [0.3, 0.4) is 0 Å². The van der Waals surface area contributed by atoms with Crippen LogP contribution in [-0.4, -0.2) is 62.0 Å². The largest absolute Gasteiger partial charge is 0.780 e. The van der Waals surface area contributed by atoms with E-state index >= 15 is 0 Å². The Labute approximate surface area is 174 Å². The Bertz CT molecular complexity index is 532. The van der Waals surface area contributed by atoms with Crippen LogP contribution in [0.15, 0.2) is 0 Å². The predicted molar refractivity (Wildman–Crippen MR) is 109 cm³/mol. The summed E-state index contributed by atoms with van der Waals surface area (Å²) in [6.45, 7) is 10.5. The summed E-state index contributed by atoms with van der Waals surface area (Å²) in [5, 5.41) is 0. The van der Waals surface area contributed by atoms with Crippen LogP contribution in [0.25, 0.3) is 0 Å². The second-order valence-corrected chi connectivity index (χ2v) is 11.1. The summed E-state index contributed by atoms with van der Waals surface area (Å²) in [5.74, 6) is 0.0282. The average molecular weight is 440 g/mol. The van der Waals surface area contributed by atoms with E-state index in [2.05, 4.69) is 0 Å². The van der Waals surface area contributed by atoms with Crippen molar-refractivity contribution < 1.29 is 32.9 Å². The first kappa shape index (κ1) is 24.6. The summed E-state index contributed by atoms with van der Waals surface area (Å²) in [6.07, 6.45) is -0.245. The quantitative estimate of drug-likeness (QED) is 0.481. The van der Waals surface area contributed by atoms with Crippen LogP contribution in [0.1, 0.15) is 54.9 Å². The SMILES string of the molecule is CC(C)OC[C@H]1O[C@@H](C)C(C)[C@H]1OP([O-])(=S)OC[C@H]1O[C@@H](C)CC1OC(C)C. The summed E-state index contributed by atoms with van der Waals surface area (Å²) in [7, 11) is 0. The fourth-order valence-corrected chi connectivity index (χ4v) is 5.07. The van der Waals surface area contributed by atoms with Gasteiger partial charge in [-0.05, 0) is 41.5 Å². The molecule has 2 rings (SSSR count). The van der Waals surface area contributed by atoms with Gasteiger partial charge in [0.2, 0.25) is 0 Å². The van der Waals surface area contributed by atoms with E-state index in [-0.39, 0.29) is 55.3 Å². The molecule has 166 valence electrons. The zero-order valence-corrected chi connectivity index (χ0v) is 19.7. The molecule has 0 aliphatic carbocycles. The molecule has 2 aliphatic heterocycles. The van der Waals surface area contributed by atoms with Gasteiger partial charge in [-0.15, -0.1) is 0 Å². The van der Waals surface area contributed by atoms with Gasteiger partial charge < -0.3 is 32.9 Å². The highest BCUT2D eigenvalue weighted by Crippen LogP contribution is 2.46. The van der Waals surface area contributed by atoms with Crippen LogP contribution in [-0.2, 0) is 39.8 Å². The van der Waals surface area contributed by atoms with Crippen LogP contribution in [0.5, 0.6) is 0 Å². The molecule has 0 bridgehead atoms. The molecule has 0 spiro atoms. The predicted octanol–water partition coefficient (Wildman–Crippen LogP) is 2.79. The van der Waals surface area contributed by atoms with Gasteiger partial charge in [0.15, 0.2) is 0 Å². The van der Waals surface area contributed by atoms with Gasteiger partial charge in [-0.1, -0.05) is 18.7 Å². The number of hydrogen-bond donors (Lipinski definition) is 0. The molecule has 0 N–H and O–H groups in total. The highest BCUT2D eigenvalue weighted by Gasteiger charge is 2.42. The van der Waals surface area contributed by atoms with Crippen molar-refractivity contribution in [2.24, 2.45) is 5.92 Å². The monoisotopic (exact) mass is 439 g/mol. The van der Waals surface area contributed by atoms with Gasteiger partial charge in [0.25, 0.3) is 0 Å². The van der Waals surface area contributed by atoms with Gasteiger partial charge in [-0.3, -0.25) is 0 Å². The summed E-state index contributed by atoms with van der Waals surface area (Å²) < 4.78 is 34.6. The first-order chi connectivity index (χ1) is 13.0. The lowest BCUT2D eigenvalue weighted by Gasteiger charge is -2.35. The Morgan fingerprint density at radius 2 is 1.71 bits per heavy atom. The molecule has 0 aromatic rings. The van der Waals surface area contributed by atoms with Crippen molar-refractivity contribution in [2.75, 3.05) is 13.2 Å². The standard InChI is InChI=1S/C19H37O7PS/c1-11(2)21-9-18-19(14(6)15(7)25-18)26-27(20,28)22-10-17-16(23-12(3)4)8-13(5)24-17/h11-19H,8-10H2,1-7H3,(H,20,28)/p-1/t13-,14?,15-,16?,17+,18+,19+,27?/m0/s1. The smallest absolute Gasteiger partial charge is 0.116 e. The highest BCUT2D eigenvalue weighted by atomic mass is 32.5. The molecule has 9 heteroatoms. The molecule has 0 aromatic carbocycles. The maximum absolute atomic E-state index is 12.9. The van der Waals surface area contributed by atoms with Crippen molar-refractivity contribution in [1.29, 1.82) is 0 Å². The minimum absolute atomic E-state index is 0.0282. The van der Waals surface area contributed by atoms with Crippen molar-refractivity contribution in [3.05, 3.63) is 0 Å². The Morgan fingerprint density at radius 3 is 2.32 bits per heavy atom. The van der Waals surface area contributed by atoms with E-state index in [1.807, 2.05) is 48.5 Å². The molecular weight excluding hydrogens is 403 g/mol. The zero-order valence-electron chi connectivity index (χ0n) is 18.0. The minimum Gasteiger partial charge on any atom is -0.780 e. The lowest BCUT2D eigenvalue weighted by molar-refractivity contribution is -0.217. The van der Waals surface area contributed by atoms with Gasteiger partial charge in [-0.25, -0.2) is 0 Å². The van der Waals surface area contributed by atoms with Gasteiger partial charge in [0, 0.05) is 12.3 Å². The van der Waals surface area contributed by atoms with E-state index in [0.29, 0.717) is 6.61 Å². The average Bonchev–Trinajstić information content (AvgIpc) is 3.04. The molecule has 0 aromatic heterocycles. The molecule has 0 radical (unpaired) electrons. The molecular formula is C19H36O7PS-. The molecule has 2 fully saturated rings. The van der Waals surface area contributed by atoms with E-state index in [1.54, 1.807) is 0 Å². The maximum atomic E-state index is 12.9. The van der Waals surface area contributed by atoms with Crippen molar-refractivity contribution in [3.8, 4) is 0 Å². The molecule has 7 nitrogen and oxygen atoms in total. The lowest BCUT2D eigenvalue weighted by atomic mass is 10.00. The molecule has 3 unspecified atom stereocenters. The summed E-state index contributed by atoms with van der Waals surface area (Å²) >= 11 is 5.17. The van der Waals surface area contributed by atoms with Gasteiger partial charge in [0.1, 0.15) is 18.9 Å². The van der Waals surface area contributed by atoms with Crippen molar-refractivity contribution in [3.63, 3.8) is 0 Å². The van der Waals surface area contributed by atoms with Gasteiger partial charge in [0.05, 0.1) is 49.8 Å². The first-order valence-corrected chi connectivity index (χ1v) is 12.8. The van der Waals surface area contributed by atoms with Crippen LogP contribution < -0.4 is 4.89 Å². The molecule has 28 heavy (non-hydrogen) atoms. The number of ether oxygens (including phenoxy) is 4. The second kappa shape index (κ2) is 10.6. The number of hydrogen-bond acceptors (Lipinski definition) is 8. The van der Waals surface area contributed by atoms with Crippen molar-refractivity contribution in [2.45, 2.75) is 104 Å². The van der Waals surface area contributed by atoms with E-state index in [4.69, 9.17) is 39.8 Å². The van der Waals surface area contributed by atoms with Crippen molar-refractivity contribution >= 4 is 18.5 Å². The fraction of sp³-hybridized carbons (Fsp3) is 1.00. The molecule has 2 saturated heterocycles. The summed E-state index contributed by atoms with van der Waals surface area (Å²) in [4.78, 5) is 12.9. The molecule has 8 atom stereocenters. The van der Waals surface area contributed by atoms with E-state index < -0.39 is 12.8 Å². The molecule has 0 saturated carbocycles.